The van der Waals surface area contributed by atoms with E-state index in [-0.39, 0.29) is 22.4 Å². The van der Waals surface area contributed by atoms with Crippen LogP contribution in [0, 0.1) is 5.82 Å². The smallest absolute Gasteiger partial charge is 0.337 e. The van der Waals surface area contributed by atoms with Crippen molar-refractivity contribution in [3.05, 3.63) is 65.0 Å². The molecule has 0 unspecified atom stereocenters. The first-order valence-electron chi connectivity index (χ1n) is 6.93. The van der Waals surface area contributed by atoms with E-state index < -0.39 is 17.6 Å². The van der Waals surface area contributed by atoms with Crippen LogP contribution in [0.15, 0.2) is 42.5 Å². The van der Waals surface area contributed by atoms with Crippen molar-refractivity contribution in [3.63, 3.8) is 0 Å². The van der Waals surface area contributed by atoms with Crippen LogP contribution in [0.2, 0.25) is 0 Å². The number of halogens is 1. The summed E-state index contributed by atoms with van der Waals surface area (Å²) in [6, 6.07) is 7.96. The van der Waals surface area contributed by atoms with E-state index in [1.807, 2.05) is 0 Å². The van der Waals surface area contributed by atoms with Crippen molar-refractivity contribution < 1.29 is 28.6 Å². The molecule has 0 radical (unpaired) electrons. The molecule has 6 heteroatoms. The molecule has 24 heavy (non-hydrogen) atoms. The molecule has 1 N–H and O–H groups in total. The minimum absolute atomic E-state index is 0.123. The Morgan fingerprint density at radius 2 is 1.88 bits per heavy atom. The molecule has 0 saturated carbocycles. The Morgan fingerprint density at radius 3 is 2.50 bits per heavy atom. The number of ether oxygens (including phenoxy) is 2. The molecule has 0 aromatic heterocycles. The molecular weight excluding hydrogens is 315 g/mol. The van der Waals surface area contributed by atoms with E-state index >= 15 is 0 Å². The van der Waals surface area contributed by atoms with Gasteiger partial charge in [0, 0.05) is 11.6 Å². The highest BCUT2D eigenvalue weighted by molar-refractivity contribution is 6.07. The van der Waals surface area contributed by atoms with Gasteiger partial charge in [-0.2, -0.15) is 0 Å². The van der Waals surface area contributed by atoms with Crippen LogP contribution in [0.5, 0.6) is 11.5 Å². The molecule has 5 nitrogen and oxygen atoms in total. The summed E-state index contributed by atoms with van der Waals surface area (Å²) in [5.41, 5.74) is 0.328. The average molecular weight is 330 g/mol. The minimum atomic E-state index is -0.712. The fourth-order valence-electron chi connectivity index (χ4n) is 2.01. The second-order valence-electron chi connectivity index (χ2n) is 4.81. The lowest BCUT2D eigenvalue weighted by Gasteiger charge is -2.04. The summed E-state index contributed by atoms with van der Waals surface area (Å²) in [6.07, 6.45) is 2.41. The van der Waals surface area contributed by atoms with Crippen molar-refractivity contribution in [2.75, 3.05) is 14.2 Å². The van der Waals surface area contributed by atoms with Crippen LogP contribution in [0.4, 0.5) is 4.39 Å². The first-order chi connectivity index (χ1) is 11.5. The lowest BCUT2D eigenvalue weighted by Crippen LogP contribution is -2.01. The Hall–Kier alpha value is -3.15. The maximum Gasteiger partial charge on any atom is 0.337 e. The molecule has 0 amide bonds. The number of carbonyl (C=O) groups excluding carboxylic acids is 2. The predicted molar refractivity (Wildman–Crippen MR) is 85.8 cm³/mol. The summed E-state index contributed by atoms with van der Waals surface area (Å²) in [4.78, 5) is 23.6. The van der Waals surface area contributed by atoms with E-state index in [1.165, 1.54) is 50.6 Å². The van der Waals surface area contributed by atoms with E-state index in [2.05, 4.69) is 4.74 Å². The first-order valence-corrected chi connectivity index (χ1v) is 6.93. The van der Waals surface area contributed by atoms with E-state index in [1.54, 1.807) is 0 Å². The van der Waals surface area contributed by atoms with Crippen molar-refractivity contribution in [3.8, 4) is 11.5 Å². The summed E-state index contributed by atoms with van der Waals surface area (Å²) in [7, 11) is 2.63. The van der Waals surface area contributed by atoms with E-state index in [0.717, 1.165) is 12.1 Å². The largest absolute Gasteiger partial charge is 0.507 e. The molecule has 124 valence electrons. The molecule has 0 heterocycles. The lowest BCUT2D eigenvalue weighted by molar-refractivity contribution is 0.0600. The number of phenols is 1. The summed E-state index contributed by atoms with van der Waals surface area (Å²) in [5.74, 6) is -1.69. The third kappa shape index (κ3) is 3.78. The zero-order valence-corrected chi connectivity index (χ0v) is 13.1. The number of benzene rings is 2. The number of hydrogen-bond acceptors (Lipinski definition) is 5. The average Bonchev–Trinajstić information content (AvgIpc) is 2.59. The number of hydrogen-bond donors (Lipinski definition) is 1. The number of rotatable bonds is 5. The third-order valence-corrected chi connectivity index (χ3v) is 3.30. The Bertz CT molecular complexity index is 811. The van der Waals surface area contributed by atoms with Crippen LogP contribution in [-0.4, -0.2) is 31.1 Å². The van der Waals surface area contributed by atoms with Gasteiger partial charge in [0.2, 0.25) is 0 Å². The fraction of sp³-hybridized carbons (Fsp3) is 0.111. The van der Waals surface area contributed by atoms with Gasteiger partial charge in [-0.05, 0) is 42.5 Å². The predicted octanol–water partition coefficient (Wildman–Crippen LogP) is 3.22. The highest BCUT2D eigenvalue weighted by Gasteiger charge is 2.11. The van der Waals surface area contributed by atoms with Crippen LogP contribution >= 0.6 is 0 Å². The molecule has 0 atom stereocenters. The van der Waals surface area contributed by atoms with Gasteiger partial charge in [-0.15, -0.1) is 0 Å². The summed E-state index contributed by atoms with van der Waals surface area (Å²) < 4.78 is 23.3. The van der Waals surface area contributed by atoms with Crippen molar-refractivity contribution >= 4 is 17.8 Å². The van der Waals surface area contributed by atoms with Gasteiger partial charge in [0.25, 0.3) is 0 Å². The molecule has 0 aliphatic rings. The Morgan fingerprint density at radius 1 is 1.12 bits per heavy atom. The summed E-state index contributed by atoms with van der Waals surface area (Å²) in [5, 5.41) is 9.79. The Labute approximate surface area is 137 Å². The molecular formula is C18H15FO5. The molecule has 2 rings (SSSR count). The van der Waals surface area contributed by atoms with Crippen LogP contribution in [-0.2, 0) is 4.74 Å². The van der Waals surface area contributed by atoms with Crippen molar-refractivity contribution in [1.29, 1.82) is 0 Å². The first kappa shape index (κ1) is 17.2. The van der Waals surface area contributed by atoms with Gasteiger partial charge in [-0.25, -0.2) is 9.18 Å². The Balaban J connectivity index is 2.27. The number of aromatic hydroxyl groups is 1. The zero-order chi connectivity index (χ0) is 17.7. The highest BCUT2D eigenvalue weighted by atomic mass is 19.1. The summed E-state index contributed by atoms with van der Waals surface area (Å²) in [6.45, 7) is 0. The van der Waals surface area contributed by atoms with Crippen LogP contribution < -0.4 is 4.74 Å². The number of methoxy groups -OCH3 is 2. The van der Waals surface area contributed by atoms with Gasteiger partial charge in [0.1, 0.15) is 17.3 Å². The number of phenolic OH excluding ortho intramolecular Hbond substituents is 1. The zero-order valence-electron chi connectivity index (χ0n) is 13.1. The normalized spacial score (nSPS) is 10.6. The molecule has 0 aliphatic heterocycles. The Kier molecular flexibility index (Phi) is 5.31. The standard InChI is InChI=1S/C18H15FO5/c1-23-13-5-6-14(15(19)10-13)17(21)8-3-11-9-12(18(22)24-2)4-7-16(11)20/h3-10,20H,1-2H3/b8-3+. The molecule has 2 aromatic carbocycles. The fourth-order valence-corrected chi connectivity index (χ4v) is 2.01. The van der Waals surface area contributed by atoms with Crippen molar-refractivity contribution in [2.45, 2.75) is 0 Å². The number of carbonyl (C=O) groups is 2. The van der Waals surface area contributed by atoms with Crippen LogP contribution in [0.1, 0.15) is 26.3 Å². The molecule has 0 saturated heterocycles. The number of ketones is 1. The molecule has 0 aliphatic carbocycles. The van der Waals surface area contributed by atoms with Gasteiger partial charge in [0.15, 0.2) is 5.78 Å². The van der Waals surface area contributed by atoms with Gasteiger partial charge in [0.05, 0.1) is 25.3 Å². The van der Waals surface area contributed by atoms with Crippen molar-refractivity contribution in [2.24, 2.45) is 0 Å². The van der Waals surface area contributed by atoms with Gasteiger partial charge in [-0.3, -0.25) is 4.79 Å². The van der Waals surface area contributed by atoms with E-state index in [9.17, 15) is 19.1 Å². The molecule has 0 fully saturated rings. The molecule has 0 bridgehead atoms. The van der Waals surface area contributed by atoms with E-state index in [0.29, 0.717) is 5.75 Å². The SMILES string of the molecule is COC(=O)c1ccc(O)c(/C=C/C(=O)c2ccc(OC)cc2F)c1. The summed E-state index contributed by atoms with van der Waals surface area (Å²) >= 11 is 0. The van der Waals surface area contributed by atoms with E-state index in [4.69, 9.17) is 4.74 Å². The molecule has 0 spiro atoms. The third-order valence-electron chi connectivity index (χ3n) is 3.30. The number of allylic oxidation sites excluding steroid dienone is 1. The number of esters is 1. The highest BCUT2D eigenvalue weighted by Crippen LogP contribution is 2.22. The maximum absolute atomic E-state index is 13.9. The topological polar surface area (TPSA) is 72.8 Å². The lowest BCUT2D eigenvalue weighted by atomic mass is 10.1. The van der Waals surface area contributed by atoms with Crippen LogP contribution in [0.3, 0.4) is 0 Å². The van der Waals surface area contributed by atoms with Crippen molar-refractivity contribution in [1.82, 2.24) is 0 Å². The van der Waals surface area contributed by atoms with Gasteiger partial charge in [-0.1, -0.05) is 0 Å². The molecule has 2 aromatic rings. The minimum Gasteiger partial charge on any atom is -0.507 e. The second kappa shape index (κ2) is 7.41. The second-order valence-corrected chi connectivity index (χ2v) is 4.81. The van der Waals surface area contributed by atoms with Gasteiger partial charge >= 0.3 is 5.97 Å². The van der Waals surface area contributed by atoms with Gasteiger partial charge < -0.3 is 14.6 Å². The monoisotopic (exact) mass is 330 g/mol. The van der Waals surface area contributed by atoms with Crippen LogP contribution in [0.25, 0.3) is 6.08 Å². The quantitative estimate of drug-likeness (QED) is 0.518. The maximum atomic E-state index is 13.9.